The minimum absolute atomic E-state index is 0.374. The number of thiophene rings is 1. The zero-order valence-corrected chi connectivity index (χ0v) is 14.8. The molecule has 1 saturated heterocycles. The molecule has 0 bridgehead atoms. The van der Waals surface area contributed by atoms with Crippen molar-refractivity contribution in [3.05, 3.63) is 46.8 Å². The van der Waals surface area contributed by atoms with Gasteiger partial charge in [-0.15, -0.1) is 11.3 Å². The summed E-state index contributed by atoms with van der Waals surface area (Å²) in [4.78, 5) is 5.13. The van der Waals surface area contributed by atoms with Crippen LogP contribution in [0.1, 0.15) is 55.0 Å². The number of nitrogens with one attached hydrogen (secondary N) is 1. The van der Waals surface area contributed by atoms with Crippen molar-refractivity contribution in [3.63, 3.8) is 0 Å². The Morgan fingerprint density at radius 3 is 3.04 bits per heavy atom. The standard InChI is InChI=1S/C18H22N4OS/c1-12(2)17-10-15(21-23-17)16-4-3-9-22(16)11-13-5-6-18(24-13)14-7-8-19-20-14/h5-8,10,12,16H,3-4,9,11H2,1-2H3,(H,19,20)/t16-/m0/s1. The van der Waals surface area contributed by atoms with Gasteiger partial charge in [-0.05, 0) is 37.6 Å². The van der Waals surface area contributed by atoms with Crippen LogP contribution in [0.2, 0.25) is 0 Å². The molecule has 1 aliphatic rings. The van der Waals surface area contributed by atoms with E-state index in [1.807, 2.05) is 17.4 Å². The molecule has 0 amide bonds. The first-order chi connectivity index (χ1) is 11.7. The molecule has 4 heterocycles. The second-order valence-corrected chi connectivity index (χ2v) is 7.84. The molecule has 1 N–H and O–H groups in total. The van der Waals surface area contributed by atoms with Gasteiger partial charge in [0.2, 0.25) is 0 Å². The van der Waals surface area contributed by atoms with Crippen molar-refractivity contribution >= 4 is 11.3 Å². The van der Waals surface area contributed by atoms with Gasteiger partial charge in [0.05, 0.1) is 16.6 Å². The van der Waals surface area contributed by atoms with Crippen molar-refractivity contribution in [2.75, 3.05) is 6.54 Å². The van der Waals surface area contributed by atoms with E-state index in [0.29, 0.717) is 12.0 Å². The number of H-pyrrole nitrogens is 1. The van der Waals surface area contributed by atoms with Crippen LogP contribution in [0.3, 0.4) is 0 Å². The fourth-order valence-corrected chi connectivity index (χ4v) is 4.29. The Hall–Kier alpha value is -1.92. The third kappa shape index (κ3) is 3.03. The van der Waals surface area contributed by atoms with Crippen molar-refractivity contribution in [2.24, 2.45) is 0 Å². The van der Waals surface area contributed by atoms with Crippen LogP contribution in [-0.4, -0.2) is 26.8 Å². The molecule has 126 valence electrons. The molecule has 0 radical (unpaired) electrons. The monoisotopic (exact) mass is 342 g/mol. The van der Waals surface area contributed by atoms with Crippen LogP contribution in [0.25, 0.3) is 10.6 Å². The molecule has 5 nitrogen and oxygen atoms in total. The van der Waals surface area contributed by atoms with Gasteiger partial charge in [0.25, 0.3) is 0 Å². The van der Waals surface area contributed by atoms with Gasteiger partial charge in [0.15, 0.2) is 0 Å². The Labute approximate surface area is 145 Å². The molecule has 3 aromatic rings. The smallest absolute Gasteiger partial charge is 0.139 e. The minimum Gasteiger partial charge on any atom is -0.361 e. The van der Waals surface area contributed by atoms with Crippen LogP contribution in [0.5, 0.6) is 0 Å². The number of aromatic amines is 1. The van der Waals surface area contributed by atoms with E-state index in [9.17, 15) is 0 Å². The average Bonchev–Trinajstić information content (AvgIpc) is 3.35. The topological polar surface area (TPSA) is 58.0 Å². The normalized spacial score (nSPS) is 18.7. The lowest BCUT2D eigenvalue weighted by Gasteiger charge is -2.21. The Kier molecular flexibility index (Phi) is 4.24. The van der Waals surface area contributed by atoms with Gasteiger partial charge < -0.3 is 4.52 Å². The number of hydrogen-bond donors (Lipinski definition) is 1. The van der Waals surface area contributed by atoms with Crippen LogP contribution < -0.4 is 0 Å². The molecule has 0 unspecified atom stereocenters. The van der Waals surface area contributed by atoms with E-state index in [0.717, 1.165) is 36.7 Å². The van der Waals surface area contributed by atoms with E-state index in [1.54, 1.807) is 6.20 Å². The van der Waals surface area contributed by atoms with E-state index < -0.39 is 0 Å². The maximum absolute atomic E-state index is 5.50. The Balaban J connectivity index is 1.49. The quantitative estimate of drug-likeness (QED) is 0.737. The zero-order valence-electron chi connectivity index (χ0n) is 14.0. The highest BCUT2D eigenvalue weighted by Gasteiger charge is 2.29. The maximum atomic E-state index is 5.50. The molecule has 6 heteroatoms. The average molecular weight is 342 g/mol. The molecule has 24 heavy (non-hydrogen) atoms. The van der Waals surface area contributed by atoms with Crippen LogP contribution >= 0.6 is 11.3 Å². The second kappa shape index (κ2) is 6.53. The zero-order chi connectivity index (χ0) is 16.5. The van der Waals surface area contributed by atoms with E-state index in [2.05, 4.69) is 52.3 Å². The van der Waals surface area contributed by atoms with Gasteiger partial charge in [-0.2, -0.15) is 5.10 Å². The maximum Gasteiger partial charge on any atom is 0.139 e. The molecular formula is C18H22N4OS. The molecule has 0 saturated carbocycles. The summed E-state index contributed by atoms with van der Waals surface area (Å²) < 4.78 is 5.50. The highest BCUT2D eigenvalue weighted by molar-refractivity contribution is 7.15. The SMILES string of the molecule is CC(C)c1cc([C@@H]2CCCN2Cc2ccc(-c3ccn[nH]3)s2)no1. The van der Waals surface area contributed by atoms with Crippen LogP contribution in [0.15, 0.2) is 35.0 Å². The fraction of sp³-hybridized carbons (Fsp3) is 0.444. The largest absolute Gasteiger partial charge is 0.361 e. The summed E-state index contributed by atoms with van der Waals surface area (Å²) in [5.74, 6) is 1.37. The third-order valence-electron chi connectivity index (χ3n) is 4.61. The highest BCUT2D eigenvalue weighted by Crippen LogP contribution is 2.35. The molecule has 4 rings (SSSR count). The number of likely N-dealkylation sites (tertiary alicyclic amines) is 1. The predicted molar refractivity (Wildman–Crippen MR) is 94.9 cm³/mol. The van der Waals surface area contributed by atoms with Crippen LogP contribution in [0, 0.1) is 0 Å². The summed E-state index contributed by atoms with van der Waals surface area (Å²) in [5, 5.41) is 11.4. The molecule has 0 aromatic carbocycles. The summed E-state index contributed by atoms with van der Waals surface area (Å²) in [6.07, 6.45) is 4.16. The number of rotatable bonds is 5. The van der Waals surface area contributed by atoms with Gasteiger partial charge in [-0.3, -0.25) is 10.00 Å². The molecule has 0 aliphatic carbocycles. The summed E-state index contributed by atoms with van der Waals surface area (Å²) in [7, 11) is 0. The molecular weight excluding hydrogens is 320 g/mol. The lowest BCUT2D eigenvalue weighted by molar-refractivity contribution is 0.238. The van der Waals surface area contributed by atoms with Gasteiger partial charge in [0, 0.05) is 29.6 Å². The predicted octanol–water partition coefficient (Wildman–Crippen LogP) is 4.59. The third-order valence-corrected chi connectivity index (χ3v) is 5.71. The second-order valence-electron chi connectivity index (χ2n) is 6.67. The number of nitrogens with zero attached hydrogens (tertiary/aromatic N) is 3. The van der Waals surface area contributed by atoms with Crippen molar-refractivity contribution in [1.82, 2.24) is 20.3 Å². The van der Waals surface area contributed by atoms with Crippen molar-refractivity contribution in [2.45, 2.75) is 45.2 Å². The fourth-order valence-electron chi connectivity index (χ4n) is 3.28. The van der Waals surface area contributed by atoms with Crippen molar-refractivity contribution in [1.29, 1.82) is 0 Å². The minimum atomic E-state index is 0.374. The molecule has 1 aliphatic heterocycles. The lowest BCUT2D eigenvalue weighted by Crippen LogP contribution is -2.22. The van der Waals surface area contributed by atoms with E-state index in [1.165, 1.54) is 16.2 Å². The van der Waals surface area contributed by atoms with Gasteiger partial charge >= 0.3 is 0 Å². The van der Waals surface area contributed by atoms with Gasteiger partial charge in [-0.25, -0.2) is 0 Å². The first kappa shape index (κ1) is 15.6. The van der Waals surface area contributed by atoms with Gasteiger partial charge in [0.1, 0.15) is 11.5 Å². The van der Waals surface area contributed by atoms with E-state index >= 15 is 0 Å². The van der Waals surface area contributed by atoms with E-state index in [4.69, 9.17) is 4.52 Å². The first-order valence-corrected chi connectivity index (χ1v) is 9.31. The highest BCUT2D eigenvalue weighted by atomic mass is 32.1. The number of hydrogen-bond acceptors (Lipinski definition) is 5. The Morgan fingerprint density at radius 2 is 2.29 bits per heavy atom. The van der Waals surface area contributed by atoms with Crippen molar-refractivity contribution in [3.8, 4) is 10.6 Å². The Morgan fingerprint density at radius 1 is 1.38 bits per heavy atom. The summed E-state index contributed by atoms with van der Waals surface area (Å²) in [6.45, 7) is 6.36. The molecule has 1 fully saturated rings. The Bertz CT molecular complexity index is 790. The first-order valence-electron chi connectivity index (χ1n) is 8.49. The number of aromatic nitrogens is 3. The summed E-state index contributed by atoms with van der Waals surface area (Å²) in [6, 6.07) is 8.92. The van der Waals surface area contributed by atoms with Crippen LogP contribution in [-0.2, 0) is 6.54 Å². The molecule has 0 spiro atoms. The molecule has 3 aromatic heterocycles. The van der Waals surface area contributed by atoms with Gasteiger partial charge in [-0.1, -0.05) is 19.0 Å². The van der Waals surface area contributed by atoms with Crippen molar-refractivity contribution < 1.29 is 4.52 Å². The summed E-state index contributed by atoms with van der Waals surface area (Å²) >= 11 is 1.83. The van der Waals surface area contributed by atoms with Crippen LogP contribution in [0.4, 0.5) is 0 Å². The summed E-state index contributed by atoms with van der Waals surface area (Å²) in [5.41, 5.74) is 2.17. The lowest BCUT2D eigenvalue weighted by atomic mass is 10.1. The molecule has 1 atom stereocenters. The van der Waals surface area contributed by atoms with E-state index in [-0.39, 0.29) is 0 Å².